The van der Waals surface area contributed by atoms with E-state index in [0.29, 0.717) is 16.8 Å². The molecule has 3 rings (SSSR count). The number of thioether (sulfide) groups is 1. The standard InChI is InChI=1S/C20H21N3O2S2/c1-14(2)16-10-8-15(9-11-16)13-26-20-23-22-19(27-20)21-18(24)12-25-17-6-4-3-5-7-17/h3-11,14H,12-13H2,1-2H3,(H,21,22,24). The average Bonchev–Trinajstić information content (AvgIpc) is 3.13. The van der Waals surface area contributed by atoms with E-state index in [2.05, 4.69) is 53.6 Å². The van der Waals surface area contributed by atoms with E-state index in [4.69, 9.17) is 4.74 Å². The third-order valence-corrected chi connectivity index (χ3v) is 5.82. The predicted molar refractivity (Wildman–Crippen MR) is 111 cm³/mol. The molecule has 0 aliphatic rings. The van der Waals surface area contributed by atoms with Crippen LogP contribution in [-0.2, 0) is 10.5 Å². The minimum absolute atomic E-state index is 0.0612. The summed E-state index contributed by atoms with van der Waals surface area (Å²) in [6.07, 6.45) is 0. The fourth-order valence-electron chi connectivity index (χ4n) is 2.28. The Hall–Kier alpha value is -2.38. The molecule has 0 saturated carbocycles. The second kappa shape index (κ2) is 9.53. The number of amides is 1. The van der Waals surface area contributed by atoms with Crippen molar-refractivity contribution in [3.05, 3.63) is 65.7 Å². The Labute approximate surface area is 167 Å². The van der Waals surface area contributed by atoms with Crippen LogP contribution in [0.5, 0.6) is 5.75 Å². The summed E-state index contributed by atoms with van der Waals surface area (Å²) >= 11 is 2.97. The molecule has 2 aromatic carbocycles. The van der Waals surface area contributed by atoms with Gasteiger partial charge in [0.25, 0.3) is 5.91 Å². The van der Waals surface area contributed by atoms with Crippen molar-refractivity contribution in [2.24, 2.45) is 0 Å². The molecule has 1 N–H and O–H groups in total. The van der Waals surface area contributed by atoms with E-state index in [1.165, 1.54) is 22.5 Å². The van der Waals surface area contributed by atoms with Crippen LogP contribution in [0.1, 0.15) is 30.9 Å². The zero-order chi connectivity index (χ0) is 19.1. The molecular formula is C20H21N3O2S2. The first-order valence-electron chi connectivity index (χ1n) is 8.63. The predicted octanol–water partition coefficient (Wildman–Crippen LogP) is 4.97. The van der Waals surface area contributed by atoms with E-state index in [0.717, 1.165) is 10.1 Å². The van der Waals surface area contributed by atoms with E-state index in [1.54, 1.807) is 23.9 Å². The SMILES string of the molecule is CC(C)c1ccc(CSc2nnc(NC(=O)COc3ccccc3)s2)cc1. The van der Waals surface area contributed by atoms with E-state index in [9.17, 15) is 4.79 Å². The van der Waals surface area contributed by atoms with Gasteiger partial charge < -0.3 is 4.74 Å². The lowest BCUT2D eigenvalue weighted by atomic mass is 10.0. The van der Waals surface area contributed by atoms with Crippen LogP contribution in [0.3, 0.4) is 0 Å². The summed E-state index contributed by atoms with van der Waals surface area (Å²) in [4.78, 5) is 12.0. The second-order valence-corrected chi connectivity index (χ2v) is 8.41. The van der Waals surface area contributed by atoms with Crippen molar-refractivity contribution in [2.75, 3.05) is 11.9 Å². The van der Waals surface area contributed by atoms with Gasteiger partial charge in [-0.3, -0.25) is 10.1 Å². The molecule has 5 nitrogen and oxygen atoms in total. The van der Waals surface area contributed by atoms with Gasteiger partial charge in [-0.15, -0.1) is 10.2 Å². The molecule has 3 aromatic rings. The van der Waals surface area contributed by atoms with Crippen molar-refractivity contribution < 1.29 is 9.53 Å². The molecule has 27 heavy (non-hydrogen) atoms. The van der Waals surface area contributed by atoms with Crippen molar-refractivity contribution in [1.29, 1.82) is 0 Å². The number of aromatic nitrogens is 2. The van der Waals surface area contributed by atoms with Gasteiger partial charge in [-0.25, -0.2) is 0 Å². The lowest BCUT2D eigenvalue weighted by Gasteiger charge is -2.06. The van der Waals surface area contributed by atoms with Crippen molar-refractivity contribution in [3.8, 4) is 5.75 Å². The van der Waals surface area contributed by atoms with Crippen LogP contribution in [0.25, 0.3) is 0 Å². The van der Waals surface area contributed by atoms with E-state index >= 15 is 0 Å². The van der Waals surface area contributed by atoms with Crippen LogP contribution in [-0.4, -0.2) is 22.7 Å². The number of benzene rings is 2. The van der Waals surface area contributed by atoms with Crippen molar-refractivity contribution >= 4 is 34.1 Å². The highest BCUT2D eigenvalue weighted by Crippen LogP contribution is 2.28. The molecule has 1 heterocycles. The highest BCUT2D eigenvalue weighted by molar-refractivity contribution is 8.00. The number of anilines is 1. The molecular weight excluding hydrogens is 378 g/mol. The molecule has 140 valence electrons. The molecule has 0 fully saturated rings. The zero-order valence-electron chi connectivity index (χ0n) is 15.2. The quantitative estimate of drug-likeness (QED) is 0.428. The Morgan fingerprint density at radius 3 is 2.56 bits per heavy atom. The van der Waals surface area contributed by atoms with E-state index < -0.39 is 0 Å². The van der Waals surface area contributed by atoms with Crippen molar-refractivity contribution in [3.63, 3.8) is 0 Å². The summed E-state index contributed by atoms with van der Waals surface area (Å²) < 4.78 is 6.24. The number of carbonyl (C=O) groups excluding carboxylic acids is 1. The molecule has 0 radical (unpaired) electrons. The van der Waals surface area contributed by atoms with Crippen LogP contribution in [0.4, 0.5) is 5.13 Å². The number of nitrogens with zero attached hydrogens (tertiary/aromatic N) is 2. The summed E-state index contributed by atoms with van der Waals surface area (Å²) in [6, 6.07) is 17.8. The van der Waals surface area contributed by atoms with Gasteiger partial charge in [-0.2, -0.15) is 0 Å². The lowest BCUT2D eigenvalue weighted by molar-refractivity contribution is -0.118. The number of ether oxygens (including phenoxy) is 1. The summed E-state index contributed by atoms with van der Waals surface area (Å²) in [5.74, 6) is 1.75. The molecule has 0 atom stereocenters. The van der Waals surface area contributed by atoms with Gasteiger partial charge in [0, 0.05) is 5.75 Å². The smallest absolute Gasteiger partial charge is 0.264 e. The van der Waals surface area contributed by atoms with Gasteiger partial charge in [0.1, 0.15) is 5.75 Å². The van der Waals surface area contributed by atoms with Gasteiger partial charge >= 0.3 is 0 Å². The number of carbonyl (C=O) groups is 1. The van der Waals surface area contributed by atoms with Gasteiger partial charge in [0.2, 0.25) is 5.13 Å². The number of hydrogen-bond acceptors (Lipinski definition) is 6. The molecule has 1 amide bonds. The molecule has 0 unspecified atom stereocenters. The summed E-state index contributed by atoms with van der Waals surface area (Å²) in [5, 5.41) is 11.3. The van der Waals surface area contributed by atoms with Crippen LogP contribution in [0.2, 0.25) is 0 Å². The van der Waals surface area contributed by atoms with Crippen LogP contribution >= 0.6 is 23.1 Å². The van der Waals surface area contributed by atoms with Gasteiger partial charge in [-0.05, 0) is 29.2 Å². The summed E-state index contributed by atoms with van der Waals surface area (Å²) in [5.41, 5.74) is 2.57. The average molecular weight is 400 g/mol. The first kappa shape index (κ1) is 19.4. The van der Waals surface area contributed by atoms with Crippen LogP contribution < -0.4 is 10.1 Å². The highest BCUT2D eigenvalue weighted by atomic mass is 32.2. The normalized spacial score (nSPS) is 10.8. The molecule has 0 saturated heterocycles. The minimum Gasteiger partial charge on any atom is -0.484 e. The second-order valence-electron chi connectivity index (χ2n) is 6.21. The molecule has 0 bridgehead atoms. The van der Waals surface area contributed by atoms with Gasteiger partial charge in [0.05, 0.1) is 0 Å². The maximum Gasteiger partial charge on any atom is 0.264 e. The molecule has 7 heteroatoms. The van der Waals surface area contributed by atoms with E-state index in [-0.39, 0.29) is 12.5 Å². The molecule has 0 spiro atoms. The first-order chi connectivity index (χ1) is 13.1. The molecule has 0 aliphatic heterocycles. The lowest BCUT2D eigenvalue weighted by Crippen LogP contribution is -2.20. The topological polar surface area (TPSA) is 64.1 Å². The molecule has 1 aromatic heterocycles. The largest absolute Gasteiger partial charge is 0.484 e. The Morgan fingerprint density at radius 2 is 1.85 bits per heavy atom. The van der Waals surface area contributed by atoms with Gasteiger partial charge in [0.15, 0.2) is 10.9 Å². The first-order valence-corrected chi connectivity index (χ1v) is 10.4. The van der Waals surface area contributed by atoms with Crippen molar-refractivity contribution in [2.45, 2.75) is 29.9 Å². The van der Waals surface area contributed by atoms with Crippen molar-refractivity contribution in [1.82, 2.24) is 10.2 Å². The Morgan fingerprint density at radius 1 is 1.11 bits per heavy atom. The molecule has 0 aliphatic carbocycles. The maximum atomic E-state index is 12.0. The number of nitrogens with one attached hydrogen (secondary N) is 1. The number of hydrogen-bond donors (Lipinski definition) is 1. The maximum absolute atomic E-state index is 12.0. The van der Waals surface area contributed by atoms with Crippen LogP contribution in [0, 0.1) is 0 Å². The third kappa shape index (κ3) is 6.08. The summed E-state index contributed by atoms with van der Waals surface area (Å²) in [6.45, 7) is 4.31. The fourth-order valence-corrected chi connectivity index (χ4v) is 4.01. The highest BCUT2D eigenvalue weighted by Gasteiger charge is 2.10. The Balaban J connectivity index is 1.45. The van der Waals surface area contributed by atoms with Gasteiger partial charge in [-0.1, -0.05) is 79.4 Å². The number of para-hydroxylation sites is 1. The van der Waals surface area contributed by atoms with E-state index in [1.807, 2.05) is 18.2 Å². The monoisotopic (exact) mass is 399 g/mol. The fraction of sp³-hybridized carbons (Fsp3) is 0.250. The zero-order valence-corrected chi connectivity index (χ0v) is 16.8. The van der Waals surface area contributed by atoms with Crippen LogP contribution in [0.15, 0.2) is 58.9 Å². The summed E-state index contributed by atoms with van der Waals surface area (Å²) in [7, 11) is 0. The Kier molecular flexibility index (Phi) is 6.84. The Bertz CT molecular complexity index is 864. The third-order valence-electron chi connectivity index (χ3n) is 3.77. The minimum atomic E-state index is -0.254. The number of rotatable bonds is 8.